The second kappa shape index (κ2) is 13.7. The Bertz CT molecular complexity index is 1120. The molecule has 0 saturated heterocycles. The maximum atomic E-state index is 12.2. The third kappa shape index (κ3) is 8.35. The Morgan fingerprint density at radius 3 is 2.68 bits per heavy atom. The van der Waals surface area contributed by atoms with Crippen molar-refractivity contribution in [3.8, 4) is 0 Å². The summed E-state index contributed by atoms with van der Waals surface area (Å²) in [5.74, 6) is 0.107. The van der Waals surface area contributed by atoms with Gasteiger partial charge in [-0.2, -0.15) is 0 Å². The maximum Gasteiger partial charge on any atom is 0.222 e. The lowest BCUT2D eigenvalue weighted by Gasteiger charge is -2.32. The van der Waals surface area contributed by atoms with E-state index in [4.69, 9.17) is 16.3 Å². The Morgan fingerprint density at radius 2 is 2.00 bits per heavy atom. The van der Waals surface area contributed by atoms with Crippen molar-refractivity contribution < 1.29 is 14.3 Å². The van der Waals surface area contributed by atoms with Crippen LogP contribution in [0.2, 0.25) is 5.02 Å². The first-order chi connectivity index (χ1) is 17.7. The molecule has 6 nitrogen and oxygen atoms in total. The highest BCUT2D eigenvalue weighted by Gasteiger charge is 2.34. The molecule has 37 heavy (non-hydrogen) atoms. The molecule has 1 aliphatic rings. The number of carbonyl (C=O) groups excluding carboxylic acids is 2. The zero-order chi connectivity index (χ0) is 26.8. The molecule has 198 valence electrons. The van der Waals surface area contributed by atoms with Crippen LogP contribution in [0.1, 0.15) is 62.6 Å². The smallest absolute Gasteiger partial charge is 0.222 e. The van der Waals surface area contributed by atoms with Gasteiger partial charge in [0.2, 0.25) is 5.91 Å². The highest BCUT2D eigenvalue weighted by Crippen LogP contribution is 2.35. The number of hydrogen-bond donors (Lipinski definition) is 1. The van der Waals surface area contributed by atoms with Gasteiger partial charge < -0.3 is 19.7 Å². The third-order valence-electron chi connectivity index (χ3n) is 6.79. The van der Waals surface area contributed by atoms with Gasteiger partial charge >= 0.3 is 0 Å². The molecule has 2 aromatic rings. The molecular weight excluding hydrogens is 486 g/mol. The number of nitrogens with one attached hydrogen (secondary N) is 1. The summed E-state index contributed by atoms with van der Waals surface area (Å²) in [5.41, 5.74) is 2.64. The van der Waals surface area contributed by atoms with Crippen LogP contribution in [0.5, 0.6) is 0 Å². The van der Waals surface area contributed by atoms with Crippen LogP contribution < -0.4 is 5.32 Å². The lowest BCUT2D eigenvalue weighted by molar-refractivity contribution is -0.118. The van der Waals surface area contributed by atoms with Crippen molar-refractivity contribution in [2.24, 2.45) is 10.4 Å². The minimum absolute atomic E-state index is 0.244. The number of halogens is 1. The fourth-order valence-electron chi connectivity index (χ4n) is 5.02. The van der Waals surface area contributed by atoms with Gasteiger partial charge in [-0.1, -0.05) is 54.6 Å². The first-order valence-electron chi connectivity index (χ1n) is 12.9. The summed E-state index contributed by atoms with van der Waals surface area (Å²) >= 11 is 6.56. The molecule has 0 aliphatic heterocycles. The molecule has 0 heterocycles. The van der Waals surface area contributed by atoms with Crippen LogP contribution in [0.15, 0.2) is 60.1 Å². The number of ether oxygens (including phenoxy) is 1. The standard InChI is InChI=1S/C30H38ClN3O3/c1-5-37-26-12-9-16-30(21-35,17-15-26)20-34(4)19-24-13-14-28(31)27(18-24)29(33-23(3)36)32-22(2)25-10-7-6-8-11-25/h6-8,10-11,13-14,18,21,26H,2,5,9,12,15-17,19-20H2,1,3-4H3,(H,32,33,36). The minimum atomic E-state index is -0.369. The SMILES string of the molecule is C=C(N=C(NC(C)=O)c1cc(CN(C)CC2(C=O)CCCC(OCC)CC2)ccc1Cl)c1ccccc1. The maximum absolute atomic E-state index is 12.2. The highest BCUT2D eigenvalue weighted by molar-refractivity contribution is 6.34. The lowest BCUT2D eigenvalue weighted by Crippen LogP contribution is -2.36. The quantitative estimate of drug-likeness (QED) is 0.183. The van der Waals surface area contributed by atoms with Crippen molar-refractivity contribution in [3.05, 3.63) is 76.8 Å². The fourth-order valence-corrected chi connectivity index (χ4v) is 5.23. The van der Waals surface area contributed by atoms with Crippen LogP contribution in [-0.4, -0.2) is 49.2 Å². The number of amides is 1. The molecule has 2 aromatic carbocycles. The molecule has 0 aromatic heterocycles. The summed E-state index contributed by atoms with van der Waals surface area (Å²) in [6, 6.07) is 15.3. The van der Waals surface area contributed by atoms with E-state index in [1.807, 2.05) is 62.5 Å². The van der Waals surface area contributed by atoms with Gasteiger partial charge in [0, 0.05) is 37.6 Å². The van der Waals surface area contributed by atoms with E-state index in [1.165, 1.54) is 6.92 Å². The van der Waals surface area contributed by atoms with Gasteiger partial charge in [0.25, 0.3) is 0 Å². The Labute approximate surface area is 225 Å². The zero-order valence-corrected chi connectivity index (χ0v) is 22.9. The number of aldehydes is 1. The minimum Gasteiger partial charge on any atom is -0.379 e. The van der Waals surface area contributed by atoms with Gasteiger partial charge in [0.05, 0.1) is 16.8 Å². The Balaban J connectivity index is 1.79. The van der Waals surface area contributed by atoms with E-state index in [0.29, 0.717) is 41.8 Å². The molecule has 1 fully saturated rings. The molecule has 0 radical (unpaired) electrons. The molecule has 2 atom stereocenters. The van der Waals surface area contributed by atoms with Gasteiger partial charge in [-0.15, -0.1) is 0 Å². The first-order valence-corrected chi connectivity index (χ1v) is 13.3. The average Bonchev–Trinajstić information content (AvgIpc) is 3.07. The number of carbonyl (C=O) groups is 2. The molecule has 1 N–H and O–H groups in total. The third-order valence-corrected chi connectivity index (χ3v) is 7.12. The predicted molar refractivity (Wildman–Crippen MR) is 151 cm³/mol. The summed E-state index contributed by atoms with van der Waals surface area (Å²) in [6.07, 6.45) is 6.01. The van der Waals surface area contributed by atoms with Gasteiger partial charge in [-0.25, -0.2) is 4.99 Å². The van der Waals surface area contributed by atoms with E-state index in [1.54, 1.807) is 0 Å². The molecule has 3 rings (SSSR count). The number of amidine groups is 1. The van der Waals surface area contributed by atoms with Crippen LogP contribution in [0.3, 0.4) is 0 Å². The van der Waals surface area contributed by atoms with Crippen molar-refractivity contribution in [2.45, 2.75) is 58.6 Å². The summed E-state index contributed by atoms with van der Waals surface area (Å²) in [7, 11) is 2.03. The van der Waals surface area contributed by atoms with Crippen molar-refractivity contribution in [1.29, 1.82) is 0 Å². The van der Waals surface area contributed by atoms with Gasteiger partial charge in [-0.3, -0.25) is 4.79 Å². The first kappa shape index (κ1) is 28.8. The molecule has 1 aliphatic carbocycles. The average molecular weight is 524 g/mol. The van der Waals surface area contributed by atoms with Crippen molar-refractivity contribution in [3.63, 3.8) is 0 Å². The van der Waals surface area contributed by atoms with Crippen LogP contribution in [0.4, 0.5) is 0 Å². The van der Waals surface area contributed by atoms with Crippen LogP contribution in [0.25, 0.3) is 5.70 Å². The van der Waals surface area contributed by atoms with Crippen molar-refractivity contribution >= 4 is 35.3 Å². The molecule has 2 unspecified atom stereocenters. The number of rotatable bonds is 10. The zero-order valence-electron chi connectivity index (χ0n) is 22.1. The normalized spacial score (nSPS) is 20.4. The van der Waals surface area contributed by atoms with E-state index in [0.717, 1.165) is 49.5 Å². The van der Waals surface area contributed by atoms with Gasteiger partial charge in [0.15, 0.2) is 0 Å². The lowest BCUT2D eigenvalue weighted by atomic mass is 9.81. The van der Waals surface area contributed by atoms with Gasteiger partial charge in [0.1, 0.15) is 12.1 Å². The molecule has 0 spiro atoms. The van der Waals surface area contributed by atoms with E-state index in [-0.39, 0.29) is 17.4 Å². The largest absolute Gasteiger partial charge is 0.379 e. The van der Waals surface area contributed by atoms with Crippen LogP contribution >= 0.6 is 11.6 Å². The van der Waals surface area contributed by atoms with Crippen molar-refractivity contribution in [2.75, 3.05) is 20.2 Å². The van der Waals surface area contributed by atoms with Crippen molar-refractivity contribution in [1.82, 2.24) is 10.2 Å². The summed E-state index contributed by atoms with van der Waals surface area (Å²) < 4.78 is 5.84. The molecular formula is C30H38ClN3O3. The molecule has 1 amide bonds. The summed E-state index contributed by atoms with van der Waals surface area (Å²) in [5, 5.41) is 3.30. The fraction of sp³-hybridized carbons (Fsp3) is 0.433. The predicted octanol–water partition coefficient (Wildman–Crippen LogP) is 5.88. The Morgan fingerprint density at radius 1 is 1.24 bits per heavy atom. The van der Waals surface area contributed by atoms with E-state index < -0.39 is 0 Å². The molecule has 7 heteroatoms. The van der Waals surface area contributed by atoms with Crippen LogP contribution in [-0.2, 0) is 20.9 Å². The number of aliphatic imine (C=N–C) groups is 1. The Hall–Kier alpha value is -2.80. The van der Waals surface area contributed by atoms with E-state index in [9.17, 15) is 9.59 Å². The Kier molecular flexibility index (Phi) is 10.6. The molecule has 1 saturated carbocycles. The number of nitrogens with zero attached hydrogens (tertiary/aromatic N) is 2. The highest BCUT2D eigenvalue weighted by atomic mass is 35.5. The number of benzene rings is 2. The van der Waals surface area contributed by atoms with Crippen LogP contribution in [0, 0.1) is 5.41 Å². The number of hydrogen-bond acceptors (Lipinski definition) is 5. The van der Waals surface area contributed by atoms with E-state index in [2.05, 4.69) is 21.8 Å². The second-order valence-corrected chi connectivity index (χ2v) is 10.3. The summed E-state index contributed by atoms with van der Waals surface area (Å²) in [4.78, 5) is 31.0. The monoisotopic (exact) mass is 523 g/mol. The van der Waals surface area contributed by atoms with E-state index >= 15 is 0 Å². The summed E-state index contributed by atoms with van der Waals surface area (Å²) in [6.45, 7) is 9.54. The molecule has 0 bridgehead atoms. The van der Waals surface area contributed by atoms with Gasteiger partial charge in [-0.05, 0) is 69.3 Å². The second-order valence-electron chi connectivity index (χ2n) is 9.93. The topological polar surface area (TPSA) is 71.0 Å².